The fourth-order valence-electron chi connectivity index (χ4n) is 9.74. The number of ether oxygens (including phenoxy) is 11. The maximum atomic E-state index is 14.8. The SMILES string of the molecule is C=C(C)C(=O)OCCOCCC[Si](C)(C)O[Si](C)(C)CCCOCC1CN(c2ccc(N3CCOCC3)c(F)c2)C(=O)O1.C=C(C)C(=O)OCCOCCC[Si](C)(C)O[Si](C)(C)CCCOCC1CO1.N#COc1ccc(N2CCOCC2)c(F)c1. The minimum absolute atomic E-state index is 0.219. The molecule has 6 rings (SSSR count). The van der Waals surface area contributed by atoms with Crippen LogP contribution in [0.5, 0.6) is 5.75 Å². The molecule has 2 aromatic carbocycles. The average molecular weight is 1280 g/mol. The summed E-state index contributed by atoms with van der Waals surface area (Å²) in [7, 11) is -7.08. The van der Waals surface area contributed by atoms with Gasteiger partial charge in [-0.15, -0.1) is 5.26 Å². The van der Waals surface area contributed by atoms with E-state index in [9.17, 15) is 23.2 Å². The van der Waals surface area contributed by atoms with E-state index in [0.717, 1.165) is 69.7 Å². The molecule has 4 fully saturated rings. The molecule has 0 spiro atoms. The van der Waals surface area contributed by atoms with Crippen LogP contribution in [0, 0.1) is 23.2 Å². The molecule has 4 aliphatic heterocycles. The Kier molecular flexibility index (Phi) is 32.7. The number of esters is 2. The molecular weight excluding hydrogens is 1180 g/mol. The zero-order valence-electron chi connectivity index (χ0n) is 52.9. The minimum Gasteiger partial charge on any atom is -0.460 e. The van der Waals surface area contributed by atoms with Gasteiger partial charge in [-0.3, -0.25) is 4.90 Å². The first-order chi connectivity index (χ1) is 40.8. The van der Waals surface area contributed by atoms with Gasteiger partial charge in [-0.1, -0.05) is 13.2 Å². The van der Waals surface area contributed by atoms with Crippen molar-refractivity contribution < 1.29 is 83.5 Å². The van der Waals surface area contributed by atoms with Gasteiger partial charge in [0, 0.05) is 69.8 Å². The van der Waals surface area contributed by atoms with Crippen molar-refractivity contribution in [2.24, 2.45) is 0 Å². The molecule has 2 aromatic rings. The first-order valence-corrected chi connectivity index (χ1v) is 42.5. The number of rotatable bonds is 36. The van der Waals surface area contributed by atoms with E-state index >= 15 is 0 Å². The smallest absolute Gasteiger partial charge is 0.414 e. The summed E-state index contributed by atoms with van der Waals surface area (Å²) in [5, 5.41) is 8.31. The Morgan fingerprint density at radius 3 is 1.41 bits per heavy atom. The lowest BCUT2D eigenvalue weighted by Gasteiger charge is -2.34. The van der Waals surface area contributed by atoms with Crippen molar-refractivity contribution in [2.45, 2.75) is 128 Å². The van der Waals surface area contributed by atoms with E-state index in [2.05, 4.69) is 70.3 Å². The topological polar surface area (TPSA) is 208 Å². The summed E-state index contributed by atoms with van der Waals surface area (Å²) in [6, 6.07) is 13.4. The maximum Gasteiger partial charge on any atom is 0.414 e. The van der Waals surface area contributed by atoms with Crippen LogP contribution >= 0.6 is 0 Å². The molecular formula is C60H98F2N4O16Si4. The summed E-state index contributed by atoms with van der Waals surface area (Å²) in [5.41, 5.74) is 2.32. The van der Waals surface area contributed by atoms with Crippen molar-refractivity contribution in [3.8, 4) is 12.0 Å². The second kappa shape index (κ2) is 38.1. The molecule has 4 saturated heterocycles. The van der Waals surface area contributed by atoms with Crippen molar-refractivity contribution in [1.82, 2.24) is 0 Å². The molecule has 1 amide bonds. The van der Waals surface area contributed by atoms with Gasteiger partial charge in [-0.2, -0.15) is 0 Å². The van der Waals surface area contributed by atoms with Gasteiger partial charge >= 0.3 is 18.0 Å². The van der Waals surface area contributed by atoms with Gasteiger partial charge in [-0.25, -0.2) is 23.2 Å². The number of hydrogen-bond donors (Lipinski definition) is 0. The third kappa shape index (κ3) is 30.1. The third-order valence-corrected chi connectivity index (χ3v) is 29.0. The van der Waals surface area contributed by atoms with Crippen LogP contribution in [-0.4, -0.2) is 195 Å². The second-order valence-electron chi connectivity index (χ2n) is 24.1. The summed E-state index contributed by atoms with van der Waals surface area (Å²) in [6.07, 6.45) is 4.78. The molecule has 0 N–H and O–H groups in total. The number of halogens is 2. The van der Waals surface area contributed by atoms with E-state index in [1.807, 2.05) is 9.80 Å². The number of epoxide rings is 1. The van der Waals surface area contributed by atoms with E-state index in [0.29, 0.717) is 133 Å². The van der Waals surface area contributed by atoms with Crippen LogP contribution < -0.4 is 19.4 Å². The van der Waals surface area contributed by atoms with Crippen LogP contribution in [0.3, 0.4) is 0 Å². The molecule has 20 nitrogen and oxygen atoms in total. The van der Waals surface area contributed by atoms with Crippen LogP contribution in [0.25, 0.3) is 0 Å². The molecule has 0 aromatic heterocycles. The van der Waals surface area contributed by atoms with Gasteiger partial charge < -0.3 is 70.1 Å². The number of morpholine rings is 2. The second-order valence-corrected chi connectivity index (χ2v) is 41.8. The Hall–Kier alpha value is -4.61. The van der Waals surface area contributed by atoms with Gasteiger partial charge in [-0.05, 0) is 146 Å². The molecule has 26 heteroatoms. The summed E-state index contributed by atoms with van der Waals surface area (Å²) in [4.78, 5) is 40.4. The number of hydrogen-bond acceptors (Lipinski definition) is 19. The van der Waals surface area contributed by atoms with Crippen LogP contribution in [0.1, 0.15) is 39.5 Å². The monoisotopic (exact) mass is 1280 g/mol. The maximum absolute atomic E-state index is 14.8. The molecule has 2 unspecified atom stereocenters. The van der Waals surface area contributed by atoms with Crippen molar-refractivity contribution in [3.63, 3.8) is 0 Å². The number of nitrogens with zero attached hydrogens (tertiary/aromatic N) is 4. The highest BCUT2D eigenvalue weighted by molar-refractivity contribution is 6.85. The molecule has 4 aliphatic rings. The fourth-order valence-corrected chi connectivity index (χ4v) is 27.3. The minimum atomic E-state index is -1.88. The lowest BCUT2D eigenvalue weighted by molar-refractivity contribution is -0.141. The van der Waals surface area contributed by atoms with Crippen LogP contribution in [0.15, 0.2) is 60.7 Å². The summed E-state index contributed by atoms with van der Waals surface area (Å²) < 4.78 is 100. The van der Waals surface area contributed by atoms with Crippen molar-refractivity contribution in [1.29, 1.82) is 5.26 Å². The van der Waals surface area contributed by atoms with Gasteiger partial charge in [0.25, 0.3) is 6.26 Å². The number of cyclic esters (lactones) is 1. The van der Waals surface area contributed by atoms with E-state index in [1.165, 1.54) is 23.3 Å². The molecule has 484 valence electrons. The number of benzene rings is 2. The van der Waals surface area contributed by atoms with Crippen LogP contribution in [0.2, 0.25) is 76.6 Å². The summed E-state index contributed by atoms with van der Waals surface area (Å²) >= 11 is 0. The Balaban J connectivity index is 0.000000311. The zero-order valence-corrected chi connectivity index (χ0v) is 56.9. The number of amides is 1. The molecule has 2 atom stereocenters. The first kappa shape index (κ1) is 73.9. The van der Waals surface area contributed by atoms with Gasteiger partial charge in [0.2, 0.25) is 0 Å². The average Bonchev–Trinajstić information content (AvgIpc) is 3.40. The zero-order chi connectivity index (χ0) is 63.2. The Morgan fingerprint density at radius 1 is 0.605 bits per heavy atom. The molecule has 0 radical (unpaired) electrons. The molecule has 4 heterocycles. The van der Waals surface area contributed by atoms with Gasteiger partial charge in [0.05, 0.1) is 83.1 Å². The van der Waals surface area contributed by atoms with E-state index in [4.69, 9.17) is 60.9 Å². The molecule has 0 aliphatic carbocycles. The van der Waals surface area contributed by atoms with E-state index < -0.39 is 51.4 Å². The summed E-state index contributed by atoms with van der Waals surface area (Å²) in [5.74, 6) is -1.28. The third-order valence-electron chi connectivity index (χ3n) is 13.9. The number of carbonyl (C=O) groups is 3. The summed E-state index contributed by atoms with van der Waals surface area (Å²) in [6.45, 7) is 39.7. The Labute approximate surface area is 514 Å². The Morgan fingerprint density at radius 2 is 1.01 bits per heavy atom. The standard InChI is InChI=1S/C30H49FN2O8Si2.C19H38O6Si2.C11H11FN2O2/c1-24(2)29(34)39-18-17-36-13-7-19-42(3,4)41-43(5,6)20-8-14-38-23-26-22-33(30(35)40-26)25-9-10-28(27(31)21-25)32-11-15-37-16-12-32;1-17(2)19(20)23-12-11-21-9-7-13-26(3,4)25-27(5,6)14-8-10-22-15-18-16-24-18;12-10-7-9(16-8-13)1-2-11(10)14-3-5-15-6-4-14/h9-10,21,26H,1,7-8,11-20,22-23H2,2-6H3;18H,1,7-16H2,2-6H3;1-2,7H,3-6H2. The first-order valence-electron chi connectivity index (χ1n) is 30.1. The van der Waals surface area contributed by atoms with Gasteiger partial charge in [0.15, 0.2) is 33.3 Å². The van der Waals surface area contributed by atoms with Crippen molar-refractivity contribution in [3.05, 3.63) is 72.3 Å². The van der Waals surface area contributed by atoms with Crippen LogP contribution in [-0.2, 0) is 65.2 Å². The highest BCUT2D eigenvalue weighted by atomic mass is 28.4. The predicted octanol–water partition coefficient (Wildman–Crippen LogP) is 10.6. The van der Waals surface area contributed by atoms with E-state index in [-0.39, 0.29) is 36.6 Å². The molecule has 0 saturated carbocycles. The van der Waals surface area contributed by atoms with Crippen LogP contribution in [0.4, 0.5) is 30.6 Å². The highest BCUT2D eigenvalue weighted by Crippen LogP contribution is 2.30. The van der Waals surface area contributed by atoms with Crippen molar-refractivity contribution >= 4 is 68.4 Å². The lowest BCUT2D eigenvalue weighted by Crippen LogP contribution is -2.44. The van der Waals surface area contributed by atoms with Gasteiger partial charge in [0.1, 0.15) is 42.8 Å². The predicted molar refractivity (Wildman–Crippen MR) is 337 cm³/mol. The lowest BCUT2D eigenvalue weighted by atomic mass is 10.2. The highest BCUT2D eigenvalue weighted by Gasteiger charge is 2.36. The normalized spacial score (nSPS) is 17.1. The Bertz CT molecular complexity index is 2460. The number of nitriles is 1. The number of anilines is 3. The van der Waals surface area contributed by atoms with Crippen molar-refractivity contribution in [2.75, 3.05) is 147 Å². The fraction of sp³-hybridized carbons (Fsp3) is 0.667. The van der Waals surface area contributed by atoms with E-state index in [1.54, 1.807) is 38.1 Å². The molecule has 0 bridgehead atoms. The quantitative estimate of drug-likeness (QED) is 0.0118. The number of carbonyl (C=O) groups excluding carboxylic acids is 3. The molecule has 86 heavy (non-hydrogen) atoms. The largest absolute Gasteiger partial charge is 0.460 e.